The van der Waals surface area contributed by atoms with E-state index in [1.807, 2.05) is 0 Å². The molecule has 1 fully saturated rings. The molecule has 0 radical (unpaired) electrons. The van der Waals surface area contributed by atoms with Gasteiger partial charge in [-0.1, -0.05) is 0 Å². The number of hydrogen-bond donors (Lipinski definition) is 2. The van der Waals surface area contributed by atoms with Crippen LogP contribution in [0.15, 0.2) is 0 Å². The second kappa shape index (κ2) is 5.61. The highest BCUT2D eigenvalue weighted by molar-refractivity contribution is 8.00. The van der Waals surface area contributed by atoms with Gasteiger partial charge in [0.2, 0.25) is 5.91 Å². The fourth-order valence-electron chi connectivity index (χ4n) is 1.29. The van der Waals surface area contributed by atoms with E-state index in [2.05, 4.69) is 5.32 Å². The Hall–Kier alpha value is -0.920. The number of amides is 1. The van der Waals surface area contributed by atoms with E-state index in [0.717, 1.165) is 12.8 Å². The highest BCUT2D eigenvalue weighted by atomic mass is 32.2. The molecule has 1 atom stereocenters. The smallest absolute Gasteiger partial charge is 0.397 e. The minimum atomic E-state index is -4.31. The van der Waals surface area contributed by atoms with Gasteiger partial charge in [0.05, 0.1) is 11.5 Å². The van der Waals surface area contributed by atoms with E-state index >= 15 is 0 Å². The maximum absolute atomic E-state index is 11.8. The van der Waals surface area contributed by atoms with Crippen molar-refractivity contribution in [3.8, 4) is 0 Å². The number of nitrogens with one attached hydrogen (secondary N) is 1. The number of hydrogen-bond acceptors (Lipinski definition) is 3. The number of thioether (sulfide) groups is 1. The molecule has 1 aliphatic rings. The lowest BCUT2D eigenvalue weighted by Gasteiger charge is -2.13. The predicted molar refractivity (Wildman–Crippen MR) is 55.7 cm³/mol. The van der Waals surface area contributed by atoms with Crippen LogP contribution in [0.2, 0.25) is 0 Å². The molecule has 0 aromatic carbocycles. The number of carbonyl (C=O) groups excluding carboxylic acids is 1. The summed E-state index contributed by atoms with van der Waals surface area (Å²) in [4.78, 5) is 22.0. The van der Waals surface area contributed by atoms with Gasteiger partial charge in [0.15, 0.2) is 0 Å². The maximum Gasteiger partial charge on any atom is 0.397 e. The van der Waals surface area contributed by atoms with Gasteiger partial charge in [-0.3, -0.25) is 4.79 Å². The zero-order valence-electron chi connectivity index (χ0n) is 8.79. The third kappa shape index (κ3) is 5.81. The summed E-state index contributed by atoms with van der Waals surface area (Å²) in [5.41, 5.74) is 0. The molecule has 0 bridgehead atoms. The molecule has 4 nitrogen and oxygen atoms in total. The van der Waals surface area contributed by atoms with Crippen LogP contribution in [0.5, 0.6) is 0 Å². The summed E-state index contributed by atoms with van der Waals surface area (Å²) in [6, 6.07) is -0.964. The van der Waals surface area contributed by atoms with E-state index < -0.39 is 29.8 Å². The number of aliphatic carboxylic acids is 1. The van der Waals surface area contributed by atoms with Crippen molar-refractivity contribution in [1.82, 2.24) is 5.32 Å². The second-order valence-electron chi connectivity index (χ2n) is 3.83. The van der Waals surface area contributed by atoms with Crippen molar-refractivity contribution in [2.45, 2.75) is 25.1 Å². The Morgan fingerprint density at radius 1 is 1.41 bits per heavy atom. The van der Waals surface area contributed by atoms with Crippen LogP contribution in [-0.4, -0.2) is 40.7 Å². The summed E-state index contributed by atoms with van der Waals surface area (Å²) in [6.45, 7) is 0. The van der Waals surface area contributed by atoms with Crippen LogP contribution >= 0.6 is 11.8 Å². The molecule has 0 spiro atoms. The zero-order valence-corrected chi connectivity index (χ0v) is 9.61. The molecule has 8 heteroatoms. The largest absolute Gasteiger partial charge is 0.480 e. The summed E-state index contributed by atoms with van der Waals surface area (Å²) in [7, 11) is 0. The molecule has 1 saturated carbocycles. The van der Waals surface area contributed by atoms with Gasteiger partial charge in [-0.25, -0.2) is 4.79 Å². The number of halogens is 3. The topological polar surface area (TPSA) is 66.4 Å². The van der Waals surface area contributed by atoms with Crippen LogP contribution in [0.3, 0.4) is 0 Å². The first-order valence-electron chi connectivity index (χ1n) is 4.96. The van der Waals surface area contributed by atoms with E-state index in [-0.39, 0.29) is 11.7 Å². The van der Waals surface area contributed by atoms with E-state index in [9.17, 15) is 22.8 Å². The van der Waals surface area contributed by atoms with Gasteiger partial charge in [0.1, 0.15) is 6.04 Å². The normalized spacial score (nSPS) is 17.6. The SMILES string of the molecule is O=C(CSCC(F)(F)F)NC(C(=O)O)C1CC1. The van der Waals surface area contributed by atoms with Crippen molar-refractivity contribution in [3.63, 3.8) is 0 Å². The van der Waals surface area contributed by atoms with Gasteiger partial charge in [0, 0.05) is 0 Å². The standard InChI is InChI=1S/C9H12F3NO3S/c10-9(11,12)4-17-3-6(14)13-7(8(15)16)5-1-2-5/h5,7H,1-4H2,(H,13,14)(H,15,16). The molecule has 2 N–H and O–H groups in total. The number of carbonyl (C=O) groups is 2. The van der Waals surface area contributed by atoms with Crippen LogP contribution in [0.4, 0.5) is 13.2 Å². The van der Waals surface area contributed by atoms with Gasteiger partial charge in [-0.15, -0.1) is 11.8 Å². The van der Waals surface area contributed by atoms with Crippen molar-refractivity contribution >= 4 is 23.6 Å². The quantitative estimate of drug-likeness (QED) is 0.763. The molecule has 1 rings (SSSR count). The Morgan fingerprint density at radius 2 is 2.00 bits per heavy atom. The summed E-state index contributed by atoms with van der Waals surface area (Å²) in [5, 5.41) is 11.0. The molecule has 0 aliphatic heterocycles. The van der Waals surface area contributed by atoms with Crippen molar-refractivity contribution < 1.29 is 27.9 Å². The fourth-order valence-corrected chi connectivity index (χ4v) is 1.89. The number of carboxylic acid groups (broad SMARTS) is 1. The van der Waals surface area contributed by atoms with Crippen LogP contribution in [0.25, 0.3) is 0 Å². The number of rotatable bonds is 6. The average Bonchev–Trinajstić information content (AvgIpc) is 2.94. The first-order valence-corrected chi connectivity index (χ1v) is 6.12. The van der Waals surface area contributed by atoms with E-state index in [1.54, 1.807) is 0 Å². The lowest BCUT2D eigenvalue weighted by molar-refractivity contribution is -0.142. The first kappa shape index (κ1) is 14.1. The van der Waals surface area contributed by atoms with E-state index in [0.29, 0.717) is 11.8 Å². The second-order valence-corrected chi connectivity index (χ2v) is 4.81. The molecule has 0 aromatic rings. The average molecular weight is 271 g/mol. The molecule has 0 heterocycles. The lowest BCUT2D eigenvalue weighted by Crippen LogP contribution is -2.43. The molecule has 1 unspecified atom stereocenters. The molecule has 1 amide bonds. The molecular weight excluding hydrogens is 259 g/mol. The Bertz CT molecular complexity index is 304. The van der Waals surface area contributed by atoms with E-state index in [4.69, 9.17) is 5.11 Å². The van der Waals surface area contributed by atoms with Gasteiger partial charge in [-0.05, 0) is 18.8 Å². The predicted octanol–water partition coefficient (Wildman–Crippen LogP) is 1.26. The van der Waals surface area contributed by atoms with Gasteiger partial charge >= 0.3 is 12.1 Å². The van der Waals surface area contributed by atoms with Crippen LogP contribution in [0.1, 0.15) is 12.8 Å². The zero-order chi connectivity index (χ0) is 13.1. The number of carboxylic acids is 1. The molecule has 0 aromatic heterocycles. The Morgan fingerprint density at radius 3 is 2.41 bits per heavy atom. The molecule has 0 saturated heterocycles. The van der Waals surface area contributed by atoms with Crippen molar-refractivity contribution in [3.05, 3.63) is 0 Å². The van der Waals surface area contributed by atoms with Crippen molar-refractivity contribution in [1.29, 1.82) is 0 Å². The highest BCUT2D eigenvalue weighted by Crippen LogP contribution is 2.32. The highest BCUT2D eigenvalue weighted by Gasteiger charge is 2.37. The minimum absolute atomic E-state index is 0.0796. The van der Waals surface area contributed by atoms with Crippen LogP contribution < -0.4 is 5.32 Å². The van der Waals surface area contributed by atoms with Crippen LogP contribution in [-0.2, 0) is 9.59 Å². The monoisotopic (exact) mass is 271 g/mol. The van der Waals surface area contributed by atoms with Crippen molar-refractivity contribution in [2.24, 2.45) is 5.92 Å². The summed E-state index contributed by atoms with van der Waals surface area (Å²) in [6.07, 6.45) is -2.85. The summed E-state index contributed by atoms with van der Waals surface area (Å²) < 4.78 is 35.4. The Balaban J connectivity index is 2.26. The summed E-state index contributed by atoms with van der Waals surface area (Å²) >= 11 is 0.424. The third-order valence-corrected chi connectivity index (χ3v) is 3.17. The van der Waals surface area contributed by atoms with Gasteiger partial charge in [0.25, 0.3) is 0 Å². The Labute approximate surface area is 99.9 Å². The van der Waals surface area contributed by atoms with Crippen LogP contribution in [0, 0.1) is 5.92 Å². The molecule has 1 aliphatic carbocycles. The van der Waals surface area contributed by atoms with E-state index in [1.165, 1.54) is 0 Å². The maximum atomic E-state index is 11.8. The fraction of sp³-hybridized carbons (Fsp3) is 0.778. The van der Waals surface area contributed by atoms with Crippen molar-refractivity contribution in [2.75, 3.05) is 11.5 Å². The molecular formula is C9H12F3NO3S. The molecule has 98 valence electrons. The van der Waals surface area contributed by atoms with Gasteiger partial charge in [-0.2, -0.15) is 13.2 Å². The Kier molecular flexibility index (Phi) is 4.67. The van der Waals surface area contributed by atoms with Gasteiger partial charge < -0.3 is 10.4 Å². The molecule has 17 heavy (non-hydrogen) atoms. The lowest BCUT2D eigenvalue weighted by atomic mass is 10.2. The first-order chi connectivity index (χ1) is 7.79. The summed E-state index contributed by atoms with van der Waals surface area (Å²) in [5.74, 6) is -3.37. The number of alkyl halides is 3. The minimum Gasteiger partial charge on any atom is -0.480 e. The third-order valence-electron chi connectivity index (χ3n) is 2.17.